The average Bonchev–Trinajstić information content (AvgIpc) is 2.76. The highest BCUT2D eigenvalue weighted by molar-refractivity contribution is 5.40. The summed E-state index contributed by atoms with van der Waals surface area (Å²) in [5.41, 5.74) is 2.66. The zero-order chi connectivity index (χ0) is 14.7. The molecule has 1 aliphatic rings. The van der Waals surface area contributed by atoms with Crippen molar-refractivity contribution < 1.29 is 5.11 Å². The van der Waals surface area contributed by atoms with E-state index in [9.17, 15) is 5.11 Å². The maximum atomic E-state index is 9.55. The van der Waals surface area contributed by atoms with Crippen LogP contribution in [0.5, 0.6) is 5.75 Å². The predicted molar refractivity (Wildman–Crippen MR) is 84.1 cm³/mol. The van der Waals surface area contributed by atoms with E-state index < -0.39 is 0 Å². The first-order valence-corrected chi connectivity index (χ1v) is 7.69. The van der Waals surface area contributed by atoms with Crippen LogP contribution < -0.4 is 5.32 Å². The summed E-state index contributed by atoms with van der Waals surface area (Å²) in [6.07, 6.45) is 3.42. The number of phenols is 1. The fraction of sp³-hybridized carbons (Fsp3) is 0.647. The Labute approximate surface area is 123 Å². The van der Waals surface area contributed by atoms with E-state index in [-0.39, 0.29) is 0 Å². The molecule has 0 aliphatic heterocycles. The van der Waals surface area contributed by atoms with Crippen LogP contribution in [0.1, 0.15) is 43.9 Å². The molecule has 0 heterocycles. The zero-order valence-electron chi connectivity index (χ0n) is 13.2. The number of hydrogen-bond donors (Lipinski definition) is 2. The van der Waals surface area contributed by atoms with Crippen LogP contribution >= 0.6 is 0 Å². The normalized spacial score (nSPS) is 19.6. The Morgan fingerprint density at radius 2 is 2.10 bits per heavy atom. The number of phenolic OH excluding ortho intramolecular Hbond substituents is 1. The summed E-state index contributed by atoms with van der Waals surface area (Å²) in [5.74, 6) is 1.10. The van der Waals surface area contributed by atoms with E-state index in [2.05, 4.69) is 44.2 Å². The predicted octanol–water partition coefficient (Wildman–Crippen LogP) is 2.95. The first kappa shape index (κ1) is 15.3. The molecule has 0 saturated heterocycles. The highest BCUT2D eigenvalue weighted by Gasteiger charge is 2.23. The smallest absolute Gasteiger partial charge is 0.115 e. The van der Waals surface area contributed by atoms with E-state index in [0.29, 0.717) is 17.8 Å². The standard InChI is InChI=1S/C17H28N2O/c1-12(2)9-14(19(3)4)11-18-17-8-5-13-10-15(20)6-7-16(13)17/h6-7,10,12,14,17-18,20H,5,8-9,11H2,1-4H3. The molecule has 1 aromatic rings. The van der Waals surface area contributed by atoms with Gasteiger partial charge in [-0.15, -0.1) is 0 Å². The molecule has 2 rings (SSSR count). The molecule has 3 nitrogen and oxygen atoms in total. The second-order valence-corrected chi connectivity index (χ2v) is 6.63. The lowest BCUT2D eigenvalue weighted by Gasteiger charge is -2.28. The number of nitrogens with zero attached hydrogens (tertiary/aromatic N) is 1. The van der Waals surface area contributed by atoms with Crippen LogP contribution in [0.2, 0.25) is 0 Å². The molecular formula is C17H28N2O. The largest absolute Gasteiger partial charge is 0.508 e. The third-order valence-corrected chi connectivity index (χ3v) is 4.28. The van der Waals surface area contributed by atoms with Crippen LogP contribution in [0.3, 0.4) is 0 Å². The first-order chi connectivity index (χ1) is 9.47. The van der Waals surface area contributed by atoms with Crippen LogP contribution in [0.25, 0.3) is 0 Å². The van der Waals surface area contributed by atoms with E-state index >= 15 is 0 Å². The van der Waals surface area contributed by atoms with Crippen molar-refractivity contribution in [1.29, 1.82) is 0 Å². The average molecular weight is 276 g/mol. The molecule has 2 N–H and O–H groups in total. The monoisotopic (exact) mass is 276 g/mol. The van der Waals surface area contributed by atoms with Gasteiger partial charge in [0.1, 0.15) is 5.75 Å². The molecule has 0 saturated carbocycles. The van der Waals surface area contributed by atoms with Crippen molar-refractivity contribution in [2.75, 3.05) is 20.6 Å². The lowest BCUT2D eigenvalue weighted by atomic mass is 10.0. The minimum absolute atomic E-state index is 0.385. The van der Waals surface area contributed by atoms with Gasteiger partial charge in [-0.05, 0) is 62.5 Å². The number of rotatable bonds is 6. The second-order valence-electron chi connectivity index (χ2n) is 6.63. The Kier molecular flexibility index (Phi) is 5.06. The number of aryl methyl sites for hydroxylation is 1. The van der Waals surface area contributed by atoms with E-state index in [1.807, 2.05) is 6.07 Å². The van der Waals surface area contributed by atoms with Gasteiger partial charge >= 0.3 is 0 Å². The lowest BCUT2D eigenvalue weighted by Crippen LogP contribution is -2.39. The summed E-state index contributed by atoms with van der Waals surface area (Å²) < 4.78 is 0. The summed E-state index contributed by atoms with van der Waals surface area (Å²) in [6.45, 7) is 5.59. The van der Waals surface area contributed by atoms with Crippen LogP contribution in [0, 0.1) is 5.92 Å². The highest BCUT2D eigenvalue weighted by atomic mass is 16.3. The summed E-state index contributed by atoms with van der Waals surface area (Å²) >= 11 is 0. The van der Waals surface area contributed by atoms with Crippen LogP contribution in [-0.2, 0) is 6.42 Å². The molecule has 2 unspecified atom stereocenters. The molecule has 2 atom stereocenters. The molecule has 0 fully saturated rings. The zero-order valence-corrected chi connectivity index (χ0v) is 13.2. The molecule has 0 aromatic heterocycles. The van der Waals surface area contributed by atoms with Gasteiger partial charge in [0, 0.05) is 18.6 Å². The van der Waals surface area contributed by atoms with Crippen LogP contribution in [0.15, 0.2) is 18.2 Å². The number of nitrogens with one attached hydrogen (secondary N) is 1. The van der Waals surface area contributed by atoms with Crippen LogP contribution in [-0.4, -0.2) is 36.7 Å². The summed E-state index contributed by atoms with van der Waals surface area (Å²) in [5, 5.41) is 13.3. The van der Waals surface area contributed by atoms with E-state index in [1.165, 1.54) is 17.5 Å². The Morgan fingerprint density at radius 1 is 1.35 bits per heavy atom. The van der Waals surface area contributed by atoms with Crippen LogP contribution in [0.4, 0.5) is 0 Å². The third kappa shape index (κ3) is 3.74. The minimum atomic E-state index is 0.385. The Morgan fingerprint density at radius 3 is 2.75 bits per heavy atom. The van der Waals surface area contributed by atoms with Crippen molar-refractivity contribution in [3.8, 4) is 5.75 Å². The second kappa shape index (κ2) is 6.59. The minimum Gasteiger partial charge on any atom is -0.508 e. The van der Waals surface area contributed by atoms with E-state index in [1.54, 1.807) is 6.07 Å². The van der Waals surface area contributed by atoms with Gasteiger partial charge in [-0.3, -0.25) is 0 Å². The molecule has 1 aromatic carbocycles. The number of benzene rings is 1. The van der Waals surface area contributed by atoms with Gasteiger partial charge in [0.2, 0.25) is 0 Å². The quantitative estimate of drug-likeness (QED) is 0.838. The van der Waals surface area contributed by atoms with Gasteiger partial charge < -0.3 is 15.3 Å². The van der Waals surface area contributed by atoms with Crippen molar-refractivity contribution in [1.82, 2.24) is 10.2 Å². The number of hydrogen-bond acceptors (Lipinski definition) is 3. The van der Waals surface area contributed by atoms with Gasteiger partial charge in [-0.25, -0.2) is 0 Å². The van der Waals surface area contributed by atoms with Crippen molar-refractivity contribution in [2.24, 2.45) is 5.92 Å². The lowest BCUT2D eigenvalue weighted by molar-refractivity contribution is 0.240. The number of fused-ring (bicyclic) bond motifs is 1. The van der Waals surface area contributed by atoms with E-state index in [0.717, 1.165) is 25.3 Å². The van der Waals surface area contributed by atoms with Gasteiger partial charge in [-0.1, -0.05) is 19.9 Å². The number of likely N-dealkylation sites (N-methyl/N-ethyl adjacent to an activating group) is 1. The SMILES string of the molecule is CC(C)CC(CNC1CCc2cc(O)ccc21)N(C)C. The third-order valence-electron chi connectivity index (χ3n) is 4.28. The topological polar surface area (TPSA) is 35.5 Å². The Hall–Kier alpha value is -1.06. The van der Waals surface area contributed by atoms with Gasteiger partial charge in [0.25, 0.3) is 0 Å². The van der Waals surface area contributed by atoms with Crippen molar-refractivity contribution in [2.45, 2.75) is 45.2 Å². The Bertz CT molecular complexity index is 443. The maximum absolute atomic E-state index is 9.55. The molecule has 112 valence electrons. The van der Waals surface area contributed by atoms with Crippen molar-refractivity contribution >= 4 is 0 Å². The molecule has 20 heavy (non-hydrogen) atoms. The molecular weight excluding hydrogens is 248 g/mol. The molecule has 1 aliphatic carbocycles. The van der Waals surface area contributed by atoms with Gasteiger partial charge in [0.15, 0.2) is 0 Å². The molecule has 0 bridgehead atoms. The highest BCUT2D eigenvalue weighted by Crippen LogP contribution is 2.33. The maximum Gasteiger partial charge on any atom is 0.115 e. The van der Waals surface area contributed by atoms with Crippen molar-refractivity contribution in [3.63, 3.8) is 0 Å². The summed E-state index contributed by atoms with van der Waals surface area (Å²) in [7, 11) is 4.32. The summed E-state index contributed by atoms with van der Waals surface area (Å²) in [6, 6.07) is 6.81. The van der Waals surface area contributed by atoms with Crippen molar-refractivity contribution in [3.05, 3.63) is 29.3 Å². The van der Waals surface area contributed by atoms with E-state index in [4.69, 9.17) is 0 Å². The molecule has 0 amide bonds. The van der Waals surface area contributed by atoms with Gasteiger partial charge in [-0.2, -0.15) is 0 Å². The first-order valence-electron chi connectivity index (χ1n) is 7.69. The fourth-order valence-electron chi connectivity index (χ4n) is 3.12. The molecule has 0 spiro atoms. The summed E-state index contributed by atoms with van der Waals surface area (Å²) in [4.78, 5) is 2.32. The molecule has 3 heteroatoms. The number of aromatic hydroxyl groups is 1. The Balaban J connectivity index is 1.95. The van der Waals surface area contributed by atoms with Gasteiger partial charge in [0.05, 0.1) is 0 Å². The molecule has 0 radical (unpaired) electrons. The fourth-order valence-corrected chi connectivity index (χ4v) is 3.12.